The number of nitrogens with zero attached hydrogens (tertiary/aromatic N) is 7. The lowest BCUT2D eigenvalue weighted by molar-refractivity contribution is -0.137. The van der Waals surface area contributed by atoms with E-state index >= 15 is 0 Å². The van der Waals surface area contributed by atoms with E-state index < -0.39 is 6.04 Å². The van der Waals surface area contributed by atoms with E-state index in [4.69, 9.17) is 0 Å². The Labute approximate surface area is 220 Å². The molecule has 1 aliphatic carbocycles. The van der Waals surface area contributed by atoms with Gasteiger partial charge in [-0.05, 0) is 44.2 Å². The molecule has 3 aromatic heterocycles. The molecule has 38 heavy (non-hydrogen) atoms. The van der Waals surface area contributed by atoms with Crippen LogP contribution in [0.5, 0.6) is 0 Å². The minimum Gasteiger partial charge on any atom is -0.327 e. The number of carbonyl (C=O) groups excluding carboxylic acids is 3. The summed E-state index contributed by atoms with van der Waals surface area (Å²) in [6.07, 6.45) is 11.1. The highest BCUT2D eigenvalue weighted by molar-refractivity contribution is 6.46. The summed E-state index contributed by atoms with van der Waals surface area (Å²) in [6.45, 7) is 10.6. The predicted octanol–water partition coefficient (Wildman–Crippen LogP) is 3.51. The normalized spacial score (nSPS) is 22.6. The summed E-state index contributed by atoms with van der Waals surface area (Å²) in [7, 11) is 0. The van der Waals surface area contributed by atoms with E-state index in [1.807, 2.05) is 6.92 Å². The zero-order valence-corrected chi connectivity index (χ0v) is 21.9. The monoisotopic (exact) mass is 511 g/mol. The van der Waals surface area contributed by atoms with Crippen LogP contribution < -0.4 is 0 Å². The van der Waals surface area contributed by atoms with Gasteiger partial charge in [-0.3, -0.25) is 29.0 Å². The van der Waals surface area contributed by atoms with E-state index in [2.05, 4.69) is 38.5 Å². The van der Waals surface area contributed by atoms with Gasteiger partial charge in [0.05, 0.1) is 23.4 Å². The number of Topliss-reactive ketones (excluding diaryl/α,β-unsaturated/α-hetero) is 2. The van der Waals surface area contributed by atoms with E-state index in [-0.39, 0.29) is 46.9 Å². The molecule has 0 spiro atoms. The Balaban J connectivity index is 1.48. The van der Waals surface area contributed by atoms with Crippen LogP contribution in [0.25, 0.3) is 22.2 Å². The number of pyridine rings is 1. The topological polar surface area (TPSA) is 123 Å². The molecule has 2 aliphatic rings. The molecular formula is C28H29N7O3. The highest BCUT2D eigenvalue weighted by Crippen LogP contribution is 2.59. The van der Waals surface area contributed by atoms with Crippen LogP contribution >= 0.6 is 0 Å². The number of aryl methyl sites for hydroxylation is 1. The Morgan fingerprint density at radius 3 is 2.58 bits per heavy atom. The van der Waals surface area contributed by atoms with Crippen molar-refractivity contribution in [1.29, 1.82) is 0 Å². The molecule has 0 unspecified atom stereocenters. The Hall–Kier alpha value is -4.34. The fraction of sp³-hybridized carbons (Fsp3) is 0.357. The molecule has 10 nitrogen and oxygen atoms in total. The van der Waals surface area contributed by atoms with Crippen LogP contribution in [0.3, 0.4) is 0 Å². The van der Waals surface area contributed by atoms with Gasteiger partial charge in [0.2, 0.25) is 11.7 Å². The molecule has 3 atom stereocenters. The summed E-state index contributed by atoms with van der Waals surface area (Å²) >= 11 is 0. The van der Waals surface area contributed by atoms with Gasteiger partial charge < -0.3 is 4.90 Å². The molecule has 0 bridgehead atoms. The standard InChI is InChI=1S/C28H29N7O3/c1-6-8-20(29-7-2)27(38)22-10-28(5)11-24(28)35(22)25(37)15-34-23-14-32-21(18-12-30-17(4)31-13-18)9-19(23)26(33-34)16(3)36/h6-9,12-14,22,24H,2,10-11,15H2,1,3-5H3/b8-6-,29-20+/t22-,24+,28-/m0/s1. The van der Waals surface area contributed by atoms with Crippen LogP contribution in [0.2, 0.25) is 0 Å². The van der Waals surface area contributed by atoms with Gasteiger partial charge >= 0.3 is 0 Å². The van der Waals surface area contributed by atoms with Gasteiger partial charge in [0.1, 0.15) is 23.8 Å². The molecule has 1 aliphatic heterocycles. The Bertz CT molecular complexity index is 1540. The summed E-state index contributed by atoms with van der Waals surface area (Å²) in [5.74, 6) is -0.0153. The molecule has 0 radical (unpaired) electrons. The number of allylic oxidation sites excluding steroid dienone is 2. The highest BCUT2D eigenvalue weighted by Gasteiger charge is 2.64. The average Bonchev–Trinajstić information content (AvgIpc) is 3.25. The SMILES string of the molecule is C=C/N=C(\C=C/C)C(=O)[C@@H]1C[C@@]2(C)C[C@H]2N1C(=O)Cn1nc(C(C)=O)c2cc(-c3cnc(C)nc3)ncc21. The third-order valence-corrected chi connectivity index (χ3v) is 7.37. The number of hydrogen-bond donors (Lipinski definition) is 0. The average molecular weight is 512 g/mol. The van der Waals surface area contributed by atoms with Crippen molar-refractivity contribution in [1.82, 2.24) is 29.6 Å². The molecule has 0 aromatic carbocycles. The molecule has 1 saturated carbocycles. The van der Waals surface area contributed by atoms with Crippen molar-refractivity contribution in [2.24, 2.45) is 10.4 Å². The summed E-state index contributed by atoms with van der Waals surface area (Å²) in [4.78, 5) is 58.3. The van der Waals surface area contributed by atoms with Gasteiger partial charge in [-0.15, -0.1) is 0 Å². The van der Waals surface area contributed by atoms with Crippen molar-refractivity contribution >= 4 is 34.1 Å². The number of hydrogen-bond acceptors (Lipinski definition) is 8. The Kier molecular flexibility index (Phi) is 6.34. The van der Waals surface area contributed by atoms with Crippen LogP contribution in [0.4, 0.5) is 0 Å². The van der Waals surface area contributed by atoms with Crippen LogP contribution in [0.1, 0.15) is 49.9 Å². The molecule has 1 saturated heterocycles. The van der Waals surface area contributed by atoms with E-state index in [1.165, 1.54) is 17.8 Å². The highest BCUT2D eigenvalue weighted by atomic mass is 16.2. The predicted molar refractivity (Wildman–Crippen MR) is 143 cm³/mol. The maximum absolute atomic E-state index is 13.7. The lowest BCUT2D eigenvalue weighted by atomic mass is 9.97. The summed E-state index contributed by atoms with van der Waals surface area (Å²) < 4.78 is 1.50. The minimum absolute atomic E-state index is 0.0140. The first-order valence-corrected chi connectivity index (χ1v) is 12.5. The second kappa shape index (κ2) is 9.51. The van der Waals surface area contributed by atoms with E-state index in [0.29, 0.717) is 34.4 Å². The van der Waals surface area contributed by atoms with Gasteiger partial charge in [-0.1, -0.05) is 19.6 Å². The van der Waals surface area contributed by atoms with Crippen molar-refractivity contribution in [2.75, 3.05) is 0 Å². The van der Waals surface area contributed by atoms with E-state index in [9.17, 15) is 14.4 Å². The molecule has 194 valence electrons. The van der Waals surface area contributed by atoms with Crippen molar-refractivity contribution in [3.63, 3.8) is 0 Å². The van der Waals surface area contributed by atoms with Crippen LogP contribution in [0, 0.1) is 12.3 Å². The molecule has 4 heterocycles. The number of aromatic nitrogens is 5. The van der Waals surface area contributed by atoms with Gasteiger partial charge in [-0.25, -0.2) is 9.97 Å². The van der Waals surface area contributed by atoms with Crippen molar-refractivity contribution < 1.29 is 14.4 Å². The first kappa shape index (κ1) is 25.3. The van der Waals surface area contributed by atoms with Crippen molar-refractivity contribution in [2.45, 2.75) is 59.2 Å². The molecule has 3 aromatic rings. The van der Waals surface area contributed by atoms with E-state index in [1.54, 1.807) is 48.6 Å². The number of rotatable bonds is 8. The number of fused-ring (bicyclic) bond motifs is 2. The fourth-order valence-corrected chi connectivity index (χ4v) is 5.32. The smallest absolute Gasteiger partial charge is 0.245 e. The van der Waals surface area contributed by atoms with E-state index in [0.717, 1.165) is 6.42 Å². The van der Waals surface area contributed by atoms with Crippen LogP contribution in [-0.2, 0) is 16.1 Å². The van der Waals surface area contributed by atoms with Gasteiger partial charge in [0, 0.05) is 42.5 Å². The molecule has 10 heteroatoms. The van der Waals surface area contributed by atoms with Crippen molar-refractivity contribution in [3.8, 4) is 11.3 Å². The minimum atomic E-state index is -0.610. The molecular weight excluding hydrogens is 482 g/mol. The van der Waals surface area contributed by atoms with Gasteiger partial charge in [0.15, 0.2) is 5.78 Å². The Morgan fingerprint density at radius 2 is 1.92 bits per heavy atom. The number of carbonyl (C=O) groups is 3. The Morgan fingerprint density at radius 1 is 1.18 bits per heavy atom. The second-order valence-corrected chi connectivity index (χ2v) is 10.1. The third-order valence-electron chi connectivity index (χ3n) is 7.37. The second-order valence-electron chi connectivity index (χ2n) is 10.1. The third kappa shape index (κ3) is 4.36. The summed E-state index contributed by atoms with van der Waals surface area (Å²) in [6, 6.07) is 1.14. The number of piperidine rings is 1. The number of ketones is 2. The summed E-state index contributed by atoms with van der Waals surface area (Å²) in [5.41, 5.74) is 2.31. The van der Waals surface area contributed by atoms with Gasteiger partial charge in [-0.2, -0.15) is 5.10 Å². The van der Waals surface area contributed by atoms with Crippen LogP contribution in [-0.4, -0.2) is 64.9 Å². The maximum Gasteiger partial charge on any atom is 0.245 e. The first-order valence-electron chi connectivity index (χ1n) is 12.5. The molecule has 1 amide bonds. The fourth-order valence-electron chi connectivity index (χ4n) is 5.32. The zero-order chi connectivity index (χ0) is 27.2. The largest absolute Gasteiger partial charge is 0.327 e. The lowest BCUT2D eigenvalue weighted by Gasteiger charge is -2.26. The molecule has 0 N–H and O–H groups in total. The number of amides is 1. The number of likely N-dealkylation sites (tertiary alicyclic amines) is 1. The molecule has 2 fully saturated rings. The van der Waals surface area contributed by atoms with Gasteiger partial charge in [0.25, 0.3) is 0 Å². The number of aliphatic imine (C=N–C) groups is 1. The summed E-state index contributed by atoms with van der Waals surface area (Å²) in [5, 5.41) is 5.08. The zero-order valence-electron chi connectivity index (χ0n) is 21.9. The maximum atomic E-state index is 13.7. The van der Waals surface area contributed by atoms with Crippen LogP contribution in [0.15, 0.2) is 54.6 Å². The van der Waals surface area contributed by atoms with Crippen molar-refractivity contribution in [3.05, 3.63) is 61.1 Å². The first-order chi connectivity index (χ1) is 18.2. The lowest BCUT2D eigenvalue weighted by Crippen LogP contribution is -2.46. The molecule has 5 rings (SSSR count). The quantitative estimate of drug-likeness (QED) is 0.335.